The predicted molar refractivity (Wildman–Crippen MR) is 49.4 cm³/mol. The lowest BCUT2D eigenvalue weighted by molar-refractivity contribution is -0.141. The minimum atomic E-state index is -0.311. The van der Waals surface area contributed by atoms with Crippen LogP contribution in [0.25, 0.3) is 0 Å². The quantitative estimate of drug-likeness (QED) is 0.680. The van der Waals surface area contributed by atoms with Crippen molar-refractivity contribution in [2.24, 2.45) is 5.41 Å². The van der Waals surface area contributed by atoms with Crippen molar-refractivity contribution in [3.8, 4) is 6.07 Å². The first-order valence-electron chi connectivity index (χ1n) is 3.91. The molecule has 0 unspecified atom stereocenters. The number of ether oxygens (including phenoxy) is 1. The average Bonchev–Trinajstić information content (AvgIpc) is 2.03. The van der Waals surface area contributed by atoms with Crippen LogP contribution in [0.4, 0.5) is 0 Å². The molecular formula is C8H13ClN2O2. The second-order valence-corrected chi connectivity index (χ2v) is 3.07. The lowest BCUT2D eigenvalue weighted by Gasteiger charge is -2.35. The molecule has 1 N–H and O–H groups in total. The molecule has 1 saturated heterocycles. The zero-order valence-corrected chi connectivity index (χ0v) is 8.32. The first-order chi connectivity index (χ1) is 5.72. The third-order valence-electron chi connectivity index (χ3n) is 2.20. The summed E-state index contributed by atoms with van der Waals surface area (Å²) in [6, 6.07) is 2.22. The van der Waals surface area contributed by atoms with Crippen LogP contribution in [-0.2, 0) is 9.53 Å². The van der Waals surface area contributed by atoms with Gasteiger partial charge in [-0.1, -0.05) is 0 Å². The molecule has 0 radical (unpaired) electrons. The van der Waals surface area contributed by atoms with Crippen molar-refractivity contribution >= 4 is 18.4 Å². The summed E-state index contributed by atoms with van der Waals surface area (Å²) in [5.41, 5.74) is -0.311. The smallest absolute Gasteiger partial charge is 0.305 e. The molecule has 1 aliphatic rings. The molecule has 0 aromatic rings. The molecule has 4 nitrogen and oxygen atoms in total. The minimum absolute atomic E-state index is 0. The molecule has 13 heavy (non-hydrogen) atoms. The highest BCUT2D eigenvalue weighted by molar-refractivity contribution is 5.85. The van der Waals surface area contributed by atoms with Crippen LogP contribution in [0.5, 0.6) is 0 Å². The molecule has 0 atom stereocenters. The van der Waals surface area contributed by atoms with Crippen LogP contribution in [0.2, 0.25) is 0 Å². The Labute approximate surface area is 83.7 Å². The summed E-state index contributed by atoms with van der Waals surface area (Å²) in [5.74, 6) is -0.239. The maximum atomic E-state index is 10.8. The van der Waals surface area contributed by atoms with Crippen LogP contribution in [0, 0.1) is 16.7 Å². The fourth-order valence-electron chi connectivity index (χ4n) is 1.18. The van der Waals surface area contributed by atoms with E-state index in [9.17, 15) is 4.79 Å². The van der Waals surface area contributed by atoms with Gasteiger partial charge in [0.05, 0.1) is 18.6 Å². The zero-order chi connectivity index (χ0) is 9.03. The van der Waals surface area contributed by atoms with Gasteiger partial charge in [-0.15, -0.1) is 12.4 Å². The van der Waals surface area contributed by atoms with E-state index >= 15 is 0 Å². The number of rotatable bonds is 3. The van der Waals surface area contributed by atoms with Gasteiger partial charge in [0.2, 0.25) is 0 Å². The third kappa shape index (κ3) is 2.87. The van der Waals surface area contributed by atoms with Crippen molar-refractivity contribution in [1.29, 1.82) is 5.26 Å². The molecule has 1 fully saturated rings. The van der Waals surface area contributed by atoms with E-state index in [1.807, 2.05) is 0 Å². The zero-order valence-electron chi connectivity index (χ0n) is 7.50. The lowest BCUT2D eigenvalue weighted by Crippen LogP contribution is -2.52. The number of nitriles is 1. The highest BCUT2D eigenvalue weighted by Crippen LogP contribution is 2.27. The highest BCUT2D eigenvalue weighted by Gasteiger charge is 2.37. The molecule has 1 aliphatic heterocycles. The largest absolute Gasteiger partial charge is 0.469 e. The van der Waals surface area contributed by atoms with Gasteiger partial charge in [0.25, 0.3) is 0 Å². The van der Waals surface area contributed by atoms with Crippen molar-refractivity contribution in [3.05, 3.63) is 0 Å². The van der Waals surface area contributed by atoms with E-state index in [1.54, 1.807) is 0 Å². The monoisotopic (exact) mass is 204 g/mol. The number of hydrogen-bond donors (Lipinski definition) is 1. The van der Waals surface area contributed by atoms with Gasteiger partial charge < -0.3 is 10.1 Å². The standard InChI is InChI=1S/C8H12N2O2.ClH/c1-12-7(11)2-3-8(4-9)5-10-6-8;/h10H,2-3,5-6H2,1H3;1H. The summed E-state index contributed by atoms with van der Waals surface area (Å²) in [6.07, 6.45) is 0.939. The predicted octanol–water partition coefficient (Wildman–Crippen LogP) is 0.475. The Balaban J connectivity index is 0.00000144. The topological polar surface area (TPSA) is 62.1 Å². The van der Waals surface area contributed by atoms with E-state index in [0.717, 1.165) is 0 Å². The van der Waals surface area contributed by atoms with Crippen molar-refractivity contribution in [2.75, 3.05) is 20.2 Å². The van der Waals surface area contributed by atoms with Gasteiger partial charge in [0, 0.05) is 19.5 Å². The molecule has 0 bridgehead atoms. The van der Waals surface area contributed by atoms with Gasteiger partial charge >= 0.3 is 5.97 Å². The van der Waals surface area contributed by atoms with Crippen molar-refractivity contribution in [1.82, 2.24) is 5.32 Å². The Morgan fingerprint density at radius 3 is 2.62 bits per heavy atom. The number of esters is 1. The number of carbonyl (C=O) groups excluding carboxylic acids is 1. The van der Waals surface area contributed by atoms with E-state index in [1.165, 1.54) is 7.11 Å². The Hall–Kier alpha value is -0.790. The van der Waals surface area contributed by atoms with Crippen LogP contribution < -0.4 is 5.32 Å². The molecule has 0 amide bonds. The molecule has 5 heteroatoms. The molecule has 1 rings (SSSR count). The maximum Gasteiger partial charge on any atom is 0.305 e. The lowest BCUT2D eigenvalue weighted by atomic mass is 9.79. The second kappa shape index (κ2) is 5.05. The Morgan fingerprint density at radius 1 is 1.69 bits per heavy atom. The number of nitrogens with one attached hydrogen (secondary N) is 1. The summed E-state index contributed by atoms with van der Waals surface area (Å²) in [4.78, 5) is 10.8. The van der Waals surface area contributed by atoms with Crippen molar-refractivity contribution in [2.45, 2.75) is 12.8 Å². The first kappa shape index (κ1) is 12.2. The summed E-state index contributed by atoms with van der Waals surface area (Å²) >= 11 is 0. The molecule has 0 saturated carbocycles. The van der Waals surface area contributed by atoms with E-state index in [2.05, 4.69) is 16.1 Å². The average molecular weight is 205 g/mol. The van der Waals surface area contributed by atoms with Gasteiger partial charge in [-0.3, -0.25) is 4.79 Å². The van der Waals surface area contributed by atoms with Gasteiger partial charge in [0.15, 0.2) is 0 Å². The SMILES string of the molecule is COC(=O)CCC1(C#N)CNC1.Cl. The summed E-state index contributed by atoms with van der Waals surface area (Å²) in [7, 11) is 1.36. The van der Waals surface area contributed by atoms with Gasteiger partial charge in [-0.2, -0.15) is 5.26 Å². The highest BCUT2D eigenvalue weighted by atomic mass is 35.5. The molecule has 0 spiro atoms. The maximum absolute atomic E-state index is 10.8. The van der Waals surface area contributed by atoms with E-state index in [0.29, 0.717) is 25.9 Å². The Morgan fingerprint density at radius 2 is 2.31 bits per heavy atom. The fraction of sp³-hybridized carbons (Fsp3) is 0.750. The normalized spacial score (nSPS) is 17.5. The number of carbonyl (C=O) groups is 1. The molecule has 0 aromatic heterocycles. The fourth-order valence-corrected chi connectivity index (χ4v) is 1.18. The van der Waals surface area contributed by atoms with Gasteiger partial charge in [-0.05, 0) is 6.42 Å². The van der Waals surface area contributed by atoms with Gasteiger partial charge in [-0.25, -0.2) is 0 Å². The second-order valence-electron chi connectivity index (χ2n) is 3.07. The van der Waals surface area contributed by atoms with Crippen LogP contribution >= 0.6 is 12.4 Å². The van der Waals surface area contributed by atoms with E-state index in [-0.39, 0.29) is 23.8 Å². The minimum Gasteiger partial charge on any atom is -0.469 e. The first-order valence-corrected chi connectivity index (χ1v) is 3.91. The van der Waals surface area contributed by atoms with Crippen molar-refractivity contribution in [3.63, 3.8) is 0 Å². The molecule has 74 valence electrons. The third-order valence-corrected chi connectivity index (χ3v) is 2.20. The van der Waals surface area contributed by atoms with Crippen LogP contribution in [0.1, 0.15) is 12.8 Å². The van der Waals surface area contributed by atoms with Gasteiger partial charge in [0.1, 0.15) is 0 Å². The molecule has 1 heterocycles. The number of hydrogen-bond acceptors (Lipinski definition) is 4. The van der Waals surface area contributed by atoms with Crippen LogP contribution in [0.3, 0.4) is 0 Å². The summed E-state index contributed by atoms with van der Waals surface area (Å²) < 4.78 is 4.49. The summed E-state index contributed by atoms with van der Waals surface area (Å²) in [6.45, 7) is 1.39. The van der Waals surface area contributed by atoms with E-state index in [4.69, 9.17) is 5.26 Å². The molecular weight excluding hydrogens is 192 g/mol. The number of nitrogens with zero attached hydrogens (tertiary/aromatic N) is 1. The number of halogens is 1. The summed E-state index contributed by atoms with van der Waals surface area (Å²) in [5, 5.41) is 11.8. The van der Waals surface area contributed by atoms with Crippen LogP contribution in [-0.4, -0.2) is 26.2 Å². The van der Waals surface area contributed by atoms with Crippen LogP contribution in [0.15, 0.2) is 0 Å². The van der Waals surface area contributed by atoms with Crippen molar-refractivity contribution < 1.29 is 9.53 Å². The van der Waals surface area contributed by atoms with E-state index < -0.39 is 0 Å². The Bertz CT molecular complexity index is 221. The molecule has 0 aliphatic carbocycles. The Kier molecular flexibility index (Phi) is 4.74. The number of methoxy groups -OCH3 is 1. The molecule has 0 aromatic carbocycles.